The lowest BCUT2D eigenvalue weighted by molar-refractivity contribution is -0.384. The van der Waals surface area contributed by atoms with Gasteiger partial charge in [-0.15, -0.1) is 0 Å². The highest BCUT2D eigenvalue weighted by Crippen LogP contribution is 2.40. The molecule has 1 aliphatic rings. The average Bonchev–Trinajstić information content (AvgIpc) is 2.86. The molecule has 0 saturated heterocycles. The highest BCUT2D eigenvalue weighted by Gasteiger charge is 2.38. The molecule has 0 aliphatic carbocycles. The van der Waals surface area contributed by atoms with Gasteiger partial charge in [-0.1, -0.05) is 12.1 Å². The van der Waals surface area contributed by atoms with Gasteiger partial charge in [0.2, 0.25) is 0 Å². The van der Waals surface area contributed by atoms with Gasteiger partial charge in [0.05, 0.1) is 35.1 Å². The molecule has 0 spiro atoms. The Hall–Kier alpha value is -4.67. The van der Waals surface area contributed by atoms with Crippen LogP contribution in [-0.4, -0.2) is 47.6 Å². The summed E-state index contributed by atoms with van der Waals surface area (Å²) in [7, 11) is 0. The smallest absolute Gasteiger partial charge is 0.336 e. The molecule has 1 amide bonds. The van der Waals surface area contributed by atoms with Gasteiger partial charge in [0.15, 0.2) is 0 Å². The second-order valence-corrected chi connectivity index (χ2v) is 8.15. The zero-order valence-electron chi connectivity index (χ0n) is 20.6. The van der Waals surface area contributed by atoms with E-state index in [0.717, 1.165) is 0 Å². The number of ether oxygens (including phenoxy) is 2. The fourth-order valence-corrected chi connectivity index (χ4v) is 4.00. The van der Waals surface area contributed by atoms with Crippen molar-refractivity contribution < 1.29 is 33.9 Å². The summed E-state index contributed by atoms with van der Waals surface area (Å²) in [6.07, 6.45) is 0. The van der Waals surface area contributed by atoms with Gasteiger partial charge in [0.25, 0.3) is 11.6 Å². The van der Waals surface area contributed by atoms with Crippen LogP contribution < -0.4 is 10.6 Å². The summed E-state index contributed by atoms with van der Waals surface area (Å²) in [6.45, 7) is 4.88. The summed E-state index contributed by atoms with van der Waals surface area (Å²) in [5, 5.41) is 26.3. The first-order valence-electron chi connectivity index (χ1n) is 11.5. The minimum absolute atomic E-state index is 0.00623. The number of aromatic hydroxyl groups is 1. The number of non-ortho nitro benzene ring substituents is 1. The molecular weight excluding hydrogens is 482 g/mol. The fourth-order valence-electron chi connectivity index (χ4n) is 4.00. The molecule has 37 heavy (non-hydrogen) atoms. The Bertz CT molecular complexity index is 1280. The summed E-state index contributed by atoms with van der Waals surface area (Å²) in [5.41, 5.74) is 1.58. The molecule has 0 fully saturated rings. The number of nitrogens with one attached hydrogen (secondary N) is 2. The van der Waals surface area contributed by atoms with Gasteiger partial charge < -0.3 is 25.2 Å². The number of phenols is 1. The number of nitro groups is 1. The molecule has 0 bridgehead atoms. The molecule has 0 saturated carbocycles. The zero-order valence-corrected chi connectivity index (χ0v) is 20.6. The highest BCUT2D eigenvalue weighted by atomic mass is 16.6. The maximum Gasteiger partial charge on any atom is 0.336 e. The van der Waals surface area contributed by atoms with Gasteiger partial charge >= 0.3 is 11.9 Å². The minimum Gasteiger partial charge on any atom is -0.508 e. The van der Waals surface area contributed by atoms with E-state index >= 15 is 0 Å². The van der Waals surface area contributed by atoms with Gasteiger partial charge in [-0.05, 0) is 50.6 Å². The van der Waals surface area contributed by atoms with Crippen LogP contribution in [-0.2, 0) is 19.1 Å². The number of nitrogens with zero attached hydrogens (tertiary/aromatic N) is 1. The van der Waals surface area contributed by atoms with Crippen molar-refractivity contribution in [1.29, 1.82) is 0 Å². The van der Waals surface area contributed by atoms with E-state index in [1.165, 1.54) is 42.5 Å². The molecule has 1 atom stereocenters. The average molecular weight is 510 g/mol. The van der Waals surface area contributed by atoms with E-state index in [0.29, 0.717) is 22.5 Å². The van der Waals surface area contributed by atoms with Crippen LogP contribution in [0.3, 0.4) is 0 Å². The van der Waals surface area contributed by atoms with E-state index in [1.54, 1.807) is 26.8 Å². The van der Waals surface area contributed by atoms with Crippen LogP contribution in [0.2, 0.25) is 0 Å². The standard InChI is InChI=1S/C26H27N3O8/c1-4-36-25(32)21-15(2)28-16(3)22(23(21)18-6-5-7-19(14-18)29(34)35)26(33)37-13-12-27-24(31)17-8-10-20(30)11-9-17/h5-11,14,23,28,30H,4,12-13H2,1-3H3,(H,27,31). The lowest BCUT2D eigenvalue weighted by Crippen LogP contribution is -2.33. The van der Waals surface area contributed by atoms with Crippen molar-refractivity contribution in [2.75, 3.05) is 19.8 Å². The summed E-state index contributed by atoms with van der Waals surface area (Å²) >= 11 is 0. The molecule has 1 heterocycles. The Kier molecular flexibility index (Phi) is 8.62. The third-order valence-corrected chi connectivity index (χ3v) is 5.64. The summed E-state index contributed by atoms with van der Waals surface area (Å²) in [5.74, 6) is -2.78. The van der Waals surface area contributed by atoms with E-state index in [-0.39, 0.29) is 42.3 Å². The molecule has 1 unspecified atom stereocenters. The van der Waals surface area contributed by atoms with Crippen LogP contribution in [0, 0.1) is 10.1 Å². The fraction of sp³-hybridized carbons (Fsp3) is 0.269. The lowest BCUT2D eigenvalue weighted by Gasteiger charge is -2.30. The Balaban J connectivity index is 1.83. The third-order valence-electron chi connectivity index (χ3n) is 5.64. The van der Waals surface area contributed by atoms with E-state index in [1.807, 2.05) is 0 Å². The predicted molar refractivity (Wildman–Crippen MR) is 132 cm³/mol. The summed E-state index contributed by atoms with van der Waals surface area (Å²) < 4.78 is 10.6. The summed E-state index contributed by atoms with van der Waals surface area (Å²) in [4.78, 5) is 49.2. The SMILES string of the molecule is CCOC(=O)C1=C(C)NC(C)=C(C(=O)OCCNC(=O)c2ccc(O)cc2)C1c1cccc([N+](=O)[O-])c1. The Morgan fingerprint density at radius 3 is 2.24 bits per heavy atom. The van der Waals surface area contributed by atoms with Crippen LogP contribution in [0.25, 0.3) is 0 Å². The monoisotopic (exact) mass is 509 g/mol. The number of carbonyl (C=O) groups excluding carboxylic acids is 3. The Morgan fingerprint density at radius 1 is 1.03 bits per heavy atom. The largest absolute Gasteiger partial charge is 0.508 e. The normalized spacial score (nSPS) is 15.1. The van der Waals surface area contributed by atoms with Crippen LogP contribution >= 0.6 is 0 Å². The van der Waals surface area contributed by atoms with E-state index in [9.17, 15) is 29.6 Å². The second kappa shape index (κ2) is 11.8. The van der Waals surface area contributed by atoms with E-state index in [2.05, 4.69) is 10.6 Å². The van der Waals surface area contributed by atoms with Gasteiger partial charge in [0.1, 0.15) is 12.4 Å². The third kappa shape index (κ3) is 6.31. The molecule has 2 aromatic rings. The Labute approximate surface area is 212 Å². The Morgan fingerprint density at radius 2 is 1.65 bits per heavy atom. The number of nitro benzene ring substituents is 1. The van der Waals surface area contributed by atoms with Crippen molar-refractivity contribution in [3.05, 3.63) is 92.3 Å². The number of amides is 1. The topological polar surface area (TPSA) is 157 Å². The first kappa shape index (κ1) is 26.9. The van der Waals surface area contributed by atoms with E-state index in [4.69, 9.17) is 9.47 Å². The van der Waals surface area contributed by atoms with Gasteiger partial charge in [-0.3, -0.25) is 14.9 Å². The van der Waals surface area contributed by atoms with Gasteiger partial charge in [0, 0.05) is 29.1 Å². The number of allylic oxidation sites excluding steroid dienone is 2. The van der Waals surface area contributed by atoms with E-state index < -0.39 is 28.7 Å². The van der Waals surface area contributed by atoms with Crippen LogP contribution in [0.15, 0.2) is 71.1 Å². The lowest BCUT2D eigenvalue weighted by atomic mass is 9.80. The van der Waals surface area contributed by atoms with Crippen molar-refractivity contribution in [3.8, 4) is 5.75 Å². The molecule has 3 N–H and O–H groups in total. The number of dihydropyridines is 1. The van der Waals surface area contributed by atoms with Gasteiger partial charge in [-0.2, -0.15) is 0 Å². The number of rotatable bonds is 9. The molecule has 11 heteroatoms. The molecule has 2 aromatic carbocycles. The number of benzene rings is 2. The summed E-state index contributed by atoms with van der Waals surface area (Å²) in [6, 6.07) is 11.4. The minimum atomic E-state index is -0.973. The van der Waals surface area contributed by atoms with Crippen molar-refractivity contribution in [2.24, 2.45) is 0 Å². The van der Waals surface area contributed by atoms with Crippen molar-refractivity contribution >= 4 is 23.5 Å². The number of carbonyl (C=O) groups is 3. The predicted octanol–water partition coefficient (Wildman–Crippen LogP) is 3.07. The first-order valence-corrected chi connectivity index (χ1v) is 11.5. The first-order chi connectivity index (χ1) is 17.6. The quantitative estimate of drug-likeness (QED) is 0.200. The van der Waals surface area contributed by atoms with Crippen molar-refractivity contribution in [3.63, 3.8) is 0 Å². The number of hydrogen-bond acceptors (Lipinski definition) is 9. The molecule has 194 valence electrons. The zero-order chi connectivity index (χ0) is 27.1. The van der Waals surface area contributed by atoms with Crippen LogP contribution in [0.5, 0.6) is 5.75 Å². The molecule has 11 nitrogen and oxygen atoms in total. The number of phenolic OH excluding ortho intramolecular Hbond substituents is 1. The maximum atomic E-state index is 13.2. The number of esters is 2. The highest BCUT2D eigenvalue weighted by molar-refractivity contribution is 6.00. The molecule has 0 radical (unpaired) electrons. The van der Waals surface area contributed by atoms with Crippen LogP contribution in [0.1, 0.15) is 42.6 Å². The van der Waals surface area contributed by atoms with Gasteiger partial charge in [-0.25, -0.2) is 9.59 Å². The number of hydrogen-bond donors (Lipinski definition) is 3. The molecular formula is C26H27N3O8. The second-order valence-electron chi connectivity index (χ2n) is 8.15. The van der Waals surface area contributed by atoms with Crippen LogP contribution in [0.4, 0.5) is 5.69 Å². The molecule has 3 rings (SSSR count). The molecule has 1 aliphatic heterocycles. The molecule has 0 aromatic heterocycles. The maximum absolute atomic E-state index is 13.2. The van der Waals surface area contributed by atoms with Crippen molar-refractivity contribution in [1.82, 2.24) is 10.6 Å². The van der Waals surface area contributed by atoms with Crippen molar-refractivity contribution in [2.45, 2.75) is 26.7 Å².